The van der Waals surface area contributed by atoms with Gasteiger partial charge in [0.05, 0.1) is 29.2 Å². The van der Waals surface area contributed by atoms with Crippen molar-refractivity contribution in [3.05, 3.63) is 41.1 Å². The second-order valence-electron chi connectivity index (χ2n) is 7.85. The number of aryl methyl sites for hydroxylation is 1. The Balaban J connectivity index is 0.00000126. The van der Waals surface area contributed by atoms with E-state index in [0.717, 1.165) is 36.1 Å². The Hall–Kier alpha value is -2.97. The van der Waals surface area contributed by atoms with Gasteiger partial charge in [0.25, 0.3) is 0 Å². The largest absolute Gasteiger partial charge is 0.494 e. The molecule has 0 unspecified atom stereocenters. The summed E-state index contributed by atoms with van der Waals surface area (Å²) in [7, 11) is 1.53. The molecule has 5 rings (SSSR count). The number of aromatic amines is 1. The first-order valence-corrected chi connectivity index (χ1v) is 11.5. The maximum absolute atomic E-state index is 16.1. The van der Waals surface area contributed by atoms with E-state index in [1.807, 2.05) is 32.9 Å². The van der Waals surface area contributed by atoms with Gasteiger partial charge < -0.3 is 15.0 Å². The van der Waals surface area contributed by atoms with Crippen LogP contribution in [-0.4, -0.2) is 53.0 Å². The van der Waals surface area contributed by atoms with Crippen molar-refractivity contribution < 1.29 is 9.13 Å². The number of hydrogen-bond donors (Lipinski definition) is 2. The van der Waals surface area contributed by atoms with Crippen LogP contribution in [0.4, 0.5) is 10.2 Å². The molecular weight excluding hydrogens is 443 g/mol. The molecule has 2 aromatic heterocycles. The standard InChI is InChI=1S/C22H22ClFN6O.C2H6/c1-11-4-5-14-13(8-28-29-14)15(11)16-18(23)21(31-3)17-20(19(16)24)26-10-27-22(17)30-7-6-25-12(2)9-30;1-2/h4-5,8,10,12,25H,6-7,9H2,1-3H3,(H,28,29);1-2H3/t12-;/m1./s1. The first-order valence-electron chi connectivity index (χ1n) is 11.1. The molecule has 1 atom stereocenters. The summed E-state index contributed by atoms with van der Waals surface area (Å²) in [6.07, 6.45) is 3.08. The van der Waals surface area contributed by atoms with Crippen LogP contribution in [0.2, 0.25) is 5.02 Å². The molecule has 9 heteroatoms. The molecule has 1 fully saturated rings. The second kappa shape index (κ2) is 9.49. The van der Waals surface area contributed by atoms with Gasteiger partial charge in [-0.3, -0.25) is 5.10 Å². The highest BCUT2D eigenvalue weighted by atomic mass is 35.5. The van der Waals surface area contributed by atoms with E-state index in [9.17, 15) is 0 Å². The summed E-state index contributed by atoms with van der Waals surface area (Å²) in [6, 6.07) is 4.11. The average Bonchev–Trinajstić information content (AvgIpc) is 3.31. The molecule has 0 spiro atoms. The number of methoxy groups -OCH3 is 1. The number of hydrogen-bond acceptors (Lipinski definition) is 6. The molecule has 1 aliphatic rings. The molecule has 0 aliphatic carbocycles. The van der Waals surface area contributed by atoms with Crippen molar-refractivity contribution in [2.75, 3.05) is 31.6 Å². The van der Waals surface area contributed by atoms with Gasteiger partial charge in [-0.1, -0.05) is 31.5 Å². The van der Waals surface area contributed by atoms with Crippen molar-refractivity contribution in [3.63, 3.8) is 0 Å². The van der Waals surface area contributed by atoms with Gasteiger partial charge in [-0.2, -0.15) is 5.10 Å². The Morgan fingerprint density at radius 1 is 1.21 bits per heavy atom. The Bertz CT molecular complexity index is 1310. The SMILES string of the molecule is CC.COc1c(Cl)c(-c2c(C)ccc3[nH]ncc23)c(F)c2ncnc(N3CCN[C@H](C)C3)c12. The van der Waals surface area contributed by atoms with Crippen molar-refractivity contribution in [3.8, 4) is 16.9 Å². The van der Waals surface area contributed by atoms with Gasteiger partial charge in [-0.25, -0.2) is 14.4 Å². The van der Waals surface area contributed by atoms with Crippen LogP contribution in [0.5, 0.6) is 5.75 Å². The average molecular weight is 471 g/mol. The lowest BCUT2D eigenvalue weighted by molar-refractivity contribution is 0.419. The monoisotopic (exact) mass is 470 g/mol. The minimum atomic E-state index is -0.496. The number of ether oxygens (including phenoxy) is 1. The van der Waals surface area contributed by atoms with E-state index in [4.69, 9.17) is 16.3 Å². The number of rotatable bonds is 3. The summed E-state index contributed by atoms with van der Waals surface area (Å²) in [5.41, 5.74) is 2.79. The molecule has 1 saturated heterocycles. The van der Waals surface area contributed by atoms with Gasteiger partial charge in [0.15, 0.2) is 11.6 Å². The van der Waals surface area contributed by atoms with Crippen LogP contribution in [0.25, 0.3) is 32.9 Å². The summed E-state index contributed by atoms with van der Waals surface area (Å²) in [6.45, 7) is 10.3. The molecule has 4 aromatic rings. The Kier molecular flexibility index (Phi) is 6.67. The first-order chi connectivity index (χ1) is 16.0. The predicted molar refractivity (Wildman–Crippen MR) is 132 cm³/mol. The minimum Gasteiger partial charge on any atom is -0.494 e. The summed E-state index contributed by atoms with van der Waals surface area (Å²) in [5.74, 6) is 0.500. The van der Waals surface area contributed by atoms with E-state index in [1.54, 1.807) is 6.20 Å². The summed E-state index contributed by atoms with van der Waals surface area (Å²) >= 11 is 6.82. The number of piperazine rings is 1. The van der Waals surface area contributed by atoms with Crippen LogP contribution >= 0.6 is 11.6 Å². The number of aromatic nitrogens is 4. The van der Waals surface area contributed by atoms with Crippen LogP contribution < -0.4 is 15.0 Å². The summed E-state index contributed by atoms with van der Waals surface area (Å²) in [4.78, 5) is 10.9. The number of fused-ring (bicyclic) bond motifs is 2. The van der Waals surface area contributed by atoms with Gasteiger partial charge >= 0.3 is 0 Å². The van der Waals surface area contributed by atoms with Crippen LogP contribution in [0.15, 0.2) is 24.7 Å². The number of nitrogens with one attached hydrogen (secondary N) is 2. The lowest BCUT2D eigenvalue weighted by atomic mass is 9.94. The Morgan fingerprint density at radius 2 is 2.00 bits per heavy atom. The van der Waals surface area contributed by atoms with Crippen LogP contribution in [-0.2, 0) is 0 Å². The van der Waals surface area contributed by atoms with Crippen LogP contribution in [0.1, 0.15) is 26.3 Å². The second-order valence-corrected chi connectivity index (χ2v) is 8.22. The van der Waals surface area contributed by atoms with E-state index < -0.39 is 5.82 Å². The lowest BCUT2D eigenvalue weighted by Gasteiger charge is -2.33. The molecule has 33 heavy (non-hydrogen) atoms. The molecular formula is C24H28ClFN6O. The highest BCUT2D eigenvalue weighted by molar-refractivity contribution is 6.37. The third-order valence-corrected chi connectivity index (χ3v) is 6.22. The van der Waals surface area contributed by atoms with Crippen molar-refractivity contribution in [1.29, 1.82) is 0 Å². The fraction of sp³-hybridized carbons (Fsp3) is 0.375. The predicted octanol–water partition coefficient (Wildman–Crippen LogP) is 5.11. The molecule has 2 N–H and O–H groups in total. The zero-order valence-electron chi connectivity index (χ0n) is 19.5. The first kappa shape index (κ1) is 23.2. The molecule has 0 radical (unpaired) electrons. The molecule has 7 nitrogen and oxygen atoms in total. The van der Waals surface area contributed by atoms with Gasteiger partial charge in [0, 0.05) is 42.2 Å². The molecule has 0 bridgehead atoms. The zero-order chi connectivity index (χ0) is 23.7. The smallest absolute Gasteiger partial charge is 0.159 e. The summed E-state index contributed by atoms with van der Waals surface area (Å²) < 4.78 is 21.8. The van der Waals surface area contributed by atoms with E-state index in [2.05, 4.69) is 37.3 Å². The Labute approximate surface area is 197 Å². The van der Waals surface area contributed by atoms with E-state index in [-0.39, 0.29) is 22.1 Å². The number of halogens is 2. The molecule has 0 saturated carbocycles. The zero-order valence-corrected chi connectivity index (χ0v) is 20.2. The van der Waals surface area contributed by atoms with E-state index >= 15 is 4.39 Å². The summed E-state index contributed by atoms with van der Waals surface area (Å²) in [5, 5.41) is 11.9. The van der Waals surface area contributed by atoms with Crippen molar-refractivity contribution in [1.82, 2.24) is 25.5 Å². The van der Waals surface area contributed by atoms with Gasteiger partial charge in [-0.15, -0.1) is 0 Å². The van der Waals surface area contributed by atoms with Gasteiger partial charge in [0.2, 0.25) is 0 Å². The molecule has 174 valence electrons. The third kappa shape index (κ3) is 3.87. The van der Waals surface area contributed by atoms with Gasteiger partial charge in [0.1, 0.15) is 17.7 Å². The quantitative estimate of drug-likeness (QED) is 0.433. The van der Waals surface area contributed by atoms with E-state index in [1.165, 1.54) is 13.4 Å². The normalized spacial score (nSPS) is 16.1. The van der Waals surface area contributed by atoms with E-state index in [0.29, 0.717) is 22.5 Å². The fourth-order valence-electron chi connectivity index (χ4n) is 4.42. The maximum Gasteiger partial charge on any atom is 0.159 e. The third-order valence-electron chi connectivity index (χ3n) is 5.86. The number of H-pyrrole nitrogens is 1. The van der Waals surface area contributed by atoms with Gasteiger partial charge in [-0.05, 0) is 25.5 Å². The topological polar surface area (TPSA) is 79.0 Å². The minimum absolute atomic E-state index is 0.187. The number of anilines is 1. The number of nitrogens with zero attached hydrogens (tertiary/aromatic N) is 4. The lowest BCUT2D eigenvalue weighted by Crippen LogP contribution is -2.49. The molecule has 1 aliphatic heterocycles. The molecule has 2 aromatic carbocycles. The number of benzene rings is 2. The van der Waals surface area contributed by atoms with Crippen molar-refractivity contribution in [2.45, 2.75) is 33.7 Å². The van der Waals surface area contributed by atoms with Crippen molar-refractivity contribution in [2.24, 2.45) is 0 Å². The molecule has 0 amide bonds. The van der Waals surface area contributed by atoms with Crippen LogP contribution in [0.3, 0.4) is 0 Å². The fourth-order valence-corrected chi connectivity index (χ4v) is 4.77. The Morgan fingerprint density at radius 3 is 2.73 bits per heavy atom. The highest BCUT2D eigenvalue weighted by Crippen LogP contribution is 2.47. The maximum atomic E-state index is 16.1. The highest BCUT2D eigenvalue weighted by Gasteiger charge is 2.28. The van der Waals surface area contributed by atoms with Crippen molar-refractivity contribution >= 4 is 39.2 Å². The van der Waals surface area contributed by atoms with Crippen LogP contribution in [0, 0.1) is 12.7 Å². The molecule has 3 heterocycles.